The van der Waals surface area contributed by atoms with E-state index in [0.29, 0.717) is 18.6 Å². The van der Waals surface area contributed by atoms with Gasteiger partial charge in [0.15, 0.2) is 23.2 Å². The predicted molar refractivity (Wildman–Crippen MR) is 97.0 cm³/mol. The van der Waals surface area contributed by atoms with Crippen LogP contribution in [0, 0.1) is 17.5 Å². The lowest BCUT2D eigenvalue weighted by Gasteiger charge is -2.27. The van der Waals surface area contributed by atoms with Crippen molar-refractivity contribution >= 4 is 0 Å². The number of halogens is 3. The zero-order valence-electron chi connectivity index (χ0n) is 15.2. The number of benzene rings is 2. The van der Waals surface area contributed by atoms with Crippen LogP contribution < -0.4 is 4.74 Å². The number of aryl methyl sites for hydroxylation is 3. The molecule has 0 amide bonds. The number of hydrogen-bond acceptors (Lipinski definition) is 1. The molecule has 0 saturated carbocycles. The maximum absolute atomic E-state index is 14.5. The minimum absolute atomic E-state index is 0.101. The lowest BCUT2D eigenvalue weighted by Crippen LogP contribution is -2.24. The Morgan fingerprint density at radius 1 is 0.923 bits per heavy atom. The van der Waals surface area contributed by atoms with Crippen LogP contribution in [0.3, 0.4) is 0 Å². The largest absolute Gasteiger partial charge is 0.487 e. The Hall–Kier alpha value is -1.97. The highest BCUT2D eigenvalue weighted by Crippen LogP contribution is 2.33. The summed E-state index contributed by atoms with van der Waals surface area (Å²) >= 11 is 0. The molecule has 1 nitrogen and oxygen atoms in total. The summed E-state index contributed by atoms with van der Waals surface area (Å²) in [5.41, 5.74) is 2.71. The molecule has 0 saturated heterocycles. The van der Waals surface area contributed by atoms with Gasteiger partial charge in [-0.05, 0) is 73.4 Å². The molecule has 0 aliphatic carbocycles. The van der Waals surface area contributed by atoms with Gasteiger partial charge in [-0.3, -0.25) is 0 Å². The van der Waals surface area contributed by atoms with E-state index in [-0.39, 0.29) is 11.9 Å². The van der Waals surface area contributed by atoms with E-state index in [1.54, 1.807) is 12.1 Å². The normalized spacial score (nSPS) is 16.2. The van der Waals surface area contributed by atoms with Crippen molar-refractivity contribution in [3.63, 3.8) is 0 Å². The fourth-order valence-electron chi connectivity index (χ4n) is 3.52. The van der Waals surface area contributed by atoms with Crippen molar-refractivity contribution in [2.45, 2.75) is 64.4 Å². The van der Waals surface area contributed by atoms with Crippen molar-refractivity contribution in [2.75, 3.05) is 0 Å². The topological polar surface area (TPSA) is 9.23 Å². The Morgan fingerprint density at radius 3 is 2.50 bits per heavy atom. The molecular weight excluding hydrogens is 337 g/mol. The van der Waals surface area contributed by atoms with Gasteiger partial charge in [-0.25, -0.2) is 13.2 Å². The van der Waals surface area contributed by atoms with E-state index in [1.165, 1.54) is 6.07 Å². The summed E-state index contributed by atoms with van der Waals surface area (Å²) in [6.07, 6.45) is 7.01. The van der Waals surface area contributed by atoms with E-state index in [1.807, 2.05) is 0 Å². The molecule has 0 spiro atoms. The maximum atomic E-state index is 14.5. The molecule has 1 unspecified atom stereocenters. The monoisotopic (exact) mass is 362 g/mol. The van der Waals surface area contributed by atoms with Crippen LogP contribution in [0.4, 0.5) is 13.2 Å². The highest BCUT2D eigenvalue weighted by atomic mass is 19.2. The fraction of sp³-hybridized carbons (Fsp3) is 0.455. The van der Waals surface area contributed by atoms with Crippen LogP contribution in [-0.4, -0.2) is 6.10 Å². The standard InChI is InChI=1S/C22H25F3O/c1-2-3-4-5-16-12-17-8-10-18(26-22(17)21(25)14-16)9-6-15-7-11-19(23)20(24)13-15/h7,11-14,18H,2-6,8-10H2,1H3. The van der Waals surface area contributed by atoms with Gasteiger partial charge >= 0.3 is 0 Å². The third kappa shape index (κ3) is 4.60. The number of unbranched alkanes of at least 4 members (excludes halogenated alkanes) is 2. The van der Waals surface area contributed by atoms with Gasteiger partial charge in [-0.1, -0.05) is 31.9 Å². The molecule has 0 aromatic heterocycles. The smallest absolute Gasteiger partial charge is 0.165 e. The molecule has 4 heteroatoms. The van der Waals surface area contributed by atoms with Gasteiger partial charge in [-0.15, -0.1) is 0 Å². The SMILES string of the molecule is CCCCCc1cc(F)c2c(c1)CCC(CCc1ccc(F)c(F)c1)O2. The Balaban J connectivity index is 1.61. The first kappa shape index (κ1) is 18.8. The van der Waals surface area contributed by atoms with Gasteiger partial charge < -0.3 is 4.74 Å². The van der Waals surface area contributed by atoms with Crippen molar-refractivity contribution < 1.29 is 17.9 Å². The molecule has 1 atom stereocenters. The van der Waals surface area contributed by atoms with E-state index in [2.05, 4.69) is 13.0 Å². The molecule has 0 N–H and O–H groups in total. The zero-order valence-corrected chi connectivity index (χ0v) is 15.2. The van der Waals surface area contributed by atoms with Crippen molar-refractivity contribution in [1.29, 1.82) is 0 Å². The highest BCUT2D eigenvalue weighted by molar-refractivity contribution is 5.40. The molecule has 140 valence electrons. The Bertz CT molecular complexity index is 757. The molecule has 0 radical (unpaired) electrons. The Labute approximate surface area is 153 Å². The van der Waals surface area contributed by atoms with Gasteiger partial charge in [0.2, 0.25) is 0 Å². The second-order valence-corrected chi connectivity index (χ2v) is 7.09. The number of hydrogen-bond donors (Lipinski definition) is 0. The first-order valence-corrected chi connectivity index (χ1v) is 9.48. The molecule has 2 aromatic carbocycles. The minimum atomic E-state index is -0.839. The first-order valence-electron chi connectivity index (χ1n) is 9.48. The van der Waals surface area contributed by atoms with Gasteiger partial charge in [0.1, 0.15) is 0 Å². The summed E-state index contributed by atoms with van der Waals surface area (Å²) in [4.78, 5) is 0. The average Bonchev–Trinajstić information content (AvgIpc) is 2.63. The number of ether oxygens (including phenoxy) is 1. The maximum Gasteiger partial charge on any atom is 0.165 e. The Morgan fingerprint density at radius 2 is 1.73 bits per heavy atom. The summed E-state index contributed by atoms with van der Waals surface area (Å²) in [5.74, 6) is -1.59. The van der Waals surface area contributed by atoms with E-state index in [0.717, 1.165) is 61.3 Å². The molecule has 1 heterocycles. The third-order valence-electron chi connectivity index (χ3n) is 5.01. The number of fused-ring (bicyclic) bond motifs is 1. The lowest BCUT2D eigenvalue weighted by atomic mass is 9.95. The number of rotatable bonds is 7. The molecule has 0 bridgehead atoms. The molecule has 3 rings (SSSR count). The molecule has 1 aliphatic heterocycles. The van der Waals surface area contributed by atoms with Gasteiger partial charge in [0.25, 0.3) is 0 Å². The molecular formula is C22H25F3O. The van der Waals surface area contributed by atoms with E-state index < -0.39 is 11.6 Å². The van der Waals surface area contributed by atoms with Crippen LogP contribution in [0.2, 0.25) is 0 Å². The summed E-state index contributed by atoms with van der Waals surface area (Å²) in [5, 5.41) is 0. The second kappa shape index (κ2) is 8.61. The van der Waals surface area contributed by atoms with Crippen LogP contribution in [0.25, 0.3) is 0 Å². The van der Waals surface area contributed by atoms with Gasteiger partial charge in [0.05, 0.1) is 6.10 Å². The van der Waals surface area contributed by atoms with Gasteiger partial charge in [-0.2, -0.15) is 0 Å². The summed E-state index contributed by atoms with van der Waals surface area (Å²) in [7, 11) is 0. The Kier molecular flexibility index (Phi) is 6.23. The van der Waals surface area contributed by atoms with E-state index >= 15 is 0 Å². The van der Waals surface area contributed by atoms with Crippen molar-refractivity contribution in [3.05, 3.63) is 64.5 Å². The second-order valence-electron chi connectivity index (χ2n) is 7.09. The van der Waals surface area contributed by atoms with Crippen LogP contribution in [0.15, 0.2) is 30.3 Å². The van der Waals surface area contributed by atoms with E-state index in [4.69, 9.17) is 4.74 Å². The summed E-state index contributed by atoms with van der Waals surface area (Å²) in [6, 6.07) is 7.60. The van der Waals surface area contributed by atoms with Crippen molar-refractivity contribution in [3.8, 4) is 5.75 Å². The van der Waals surface area contributed by atoms with Crippen molar-refractivity contribution in [1.82, 2.24) is 0 Å². The fourth-order valence-corrected chi connectivity index (χ4v) is 3.52. The predicted octanol–water partition coefficient (Wildman–Crippen LogP) is 6.16. The average molecular weight is 362 g/mol. The molecule has 2 aromatic rings. The van der Waals surface area contributed by atoms with Crippen molar-refractivity contribution in [2.24, 2.45) is 0 Å². The van der Waals surface area contributed by atoms with E-state index in [9.17, 15) is 13.2 Å². The quantitative estimate of drug-likeness (QED) is 0.536. The van der Waals surface area contributed by atoms with Crippen LogP contribution in [-0.2, 0) is 19.3 Å². The van der Waals surface area contributed by atoms with Crippen LogP contribution in [0.1, 0.15) is 55.7 Å². The molecule has 26 heavy (non-hydrogen) atoms. The summed E-state index contributed by atoms with van der Waals surface area (Å²) < 4.78 is 46.6. The third-order valence-corrected chi connectivity index (χ3v) is 5.01. The van der Waals surface area contributed by atoms with Crippen LogP contribution in [0.5, 0.6) is 5.75 Å². The zero-order chi connectivity index (χ0) is 18.5. The molecule has 1 aliphatic rings. The van der Waals surface area contributed by atoms with Gasteiger partial charge in [0, 0.05) is 0 Å². The van der Waals surface area contributed by atoms with Crippen LogP contribution >= 0.6 is 0 Å². The highest BCUT2D eigenvalue weighted by Gasteiger charge is 2.23. The first-order chi connectivity index (χ1) is 12.6. The summed E-state index contributed by atoms with van der Waals surface area (Å²) in [6.45, 7) is 2.15. The lowest BCUT2D eigenvalue weighted by molar-refractivity contribution is 0.156. The molecule has 0 fully saturated rings. The minimum Gasteiger partial charge on any atom is -0.487 e.